The summed E-state index contributed by atoms with van der Waals surface area (Å²) in [4.78, 5) is 15.1. The van der Waals surface area contributed by atoms with Crippen molar-refractivity contribution < 1.29 is 9.53 Å². The molecule has 0 aliphatic carbocycles. The van der Waals surface area contributed by atoms with E-state index in [9.17, 15) is 4.79 Å². The van der Waals surface area contributed by atoms with Gasteiger partial charge in [0.25, 0.3) is 0 Å². The Bertz CT molecular complexity index is 207. The van der Waals surface area contributed by atoms with Crippen molar-refractivity contribution in [3.8, 4) is 0 Å². The fourth-order valence-electron chi connectivity index (χ4n) is 1.70. The van der Waals surface area contributed by atoms with Crippen molar-refractivity contribution in [1.29, 1.82) is 0 Å². The molecule has 1 aliphatic heterocycles. The van der Waals surface area contributed by atoms with E-state index in [0.717, 1.165) is 39.3 Å². The third kappa shape index (κ3) is 4.78. The maximum atomic E-state index is 11.1. The van der Waals surface area contributed by atoms with E-state index in [1.807, 2.05) is 0 Å². The summed E-state index contributed by atoms with van der Waals surface area (Å²) in [5.41, 5.74) is 10.7. The second-order valence-corrected chi connectivity index (χ2v) is 3.92. The van der Waals surface area contributed by atoms with Gasteiger partial charge in [-0.3, -0.25) is 4.90 Å². The standard InChI is InChI=1S/C10H22N4O2/c11-2-1-3-14(10(12)15)5-4-13-6-8-16-9-7-13/h1-9,11H2,(H2,12,15). The number of amides is 2. The molecular formula is C10H22N4O2. The second-order valence-electron chi connectivity index (χ2n) is 3.92. The number of hydrogen-bond donors (Lipinski definition) is 2. The van der Waals surface area contributed by atoms with Crippen molar-refractivity contribution in [2.45, 2.75) is 6.42 Å². The van der Waals surface area contributed by atoms with Crippen LogP contribution in [0.15, 0.2) is 0 Å². The van der Waals surface area contributed by atoms with E-state index in [2.05, 4.69) is 4.90 Å². The predicted molar refractivity (Wildman–Crippen MR) is 62.1 cm³/mol. The number of ether oxygens (including phenoxy) is 1. The van der Waals surface area contributed by atoms with Crippen LogP contribution >= 0.6 is 0 Å². The Kier molecular flexibility index (Phi) is 6.14. The largest absolute Gasteiger partial charge is 0.379 e. The first-order valence-electron chi connectivity index (χ1n) is 5.78. The average molecular weight is 230 g/mol. The highest BCUT2D eigenvalue weighted by atomic mass is 16.5. The molecule has 2 amide bonds. The topological polar surface area (TPSA) is 84.8 Å². The Balaban J connectivity index is 2.22. The zero-order chi connectivity index (χ0) is 11.8. The van der Waals surface area contributed by atoms with E-state index in [0.29, 0.717) is 19.6 Å². The maximum absolute atomic E-state index is 11.1. The Morgan fingerprint density at radius 2 is 2.00 bits per heavy atom. The number of rotatable bonds is 6. The van der Waals surface area contributed by atoms with Gasteiger partial charge in [0.15, 0.2) is 0 Å². The molecule has 0 bridgehead atoms. The molecule has 0 aromatic rings. The first-order valence-corrected chi connectivity index (χ1v) is 5.78. The average Bonchev–Trinajstić information content (AvgIpc) is 2.30. The van der Waals surface area contributed by atoms with Gasteiger partial charge in [-0.15, -0.1) is 0 Å². The summed E-state index contributed by atoms with van der Waals surface area (Å²) in [6.45, 7) is 6.19. The number of urea groups is 1. The van der Waals surface area contributed by atoms with Crippen molar-refractivity contribution in [3.63, 3.8) is 0 Å². The van der Waals surface area contributed by atoms with E-state index in [4.69, 9.17) is 16.2 Å². The molecule has 0 unspecified atom stereocenters. The van der Waals surface area contributed by atoms with E-state index in [1.165, 1.54) is 0 Å². The quantitative estimate of drug-likeness (QED) is 0.616. The number of primary amides is 1. The highest BCUT2D eigenvalue weighted by Gasteiger charge is 2.13. The number of nitrogens with zero attached hydrogens (tertiary/aromatic N) is 2. The van der Waals surface area contributed by atoms with Crippen LogP contribution in [0.5, 0.6) is 0 Å². The molecule has 0 aromatic heterocycles. The van der Waals surface area contributed by atoms with Gasteiger partial charge in [-0.05, 0) is 13.0 Å². The van der Waals surface area contributed by atoms with Gasteiger partial charge in [0.05, 0.1) is 13.2 Å². The third-order valence-electron chi connectivity index (χ3n) is 2.73. The van der Waals surface area contributed by atoms with Gasteiger partial charge in [0, 0.05) is 32.7 Å². The van der Waals surface area contributed by atoms with Crippen LogP contribution in [0.2, 0.25) is 0 Å². The summed E-state index contributed by atoms with van der Waals surface area (Å²) in [6, 6.07) is -0.360. The maximum Gasteiger partial charge on any atom is 0.314 e. The van der Waals surface area contributed by atoms with Gasteiger partial charge in [-0.2, -0.15) is 0 Å². The van der Waals surface area contributed by atoms with Gasteiger partial charge in [0.1, 0.15) is 0 Å². The molecule has 0 spiro atoms. The first kappa shape index (κ1) is 13.2. The summed E-state index contributed by atoms with van der Waals surface area (Å²) in [7, 11) is 0. The Labute approximate surface area is 96.5 Å². The van der Waals surface area contributed by atoms with Crippen molar-refractivity contribution in [2.24, 2.45) is 11.5 Å². The molecule has 0 aromatic carbocycles. The van der Waals surface area contributed by atoms with E-state index in [1.54, 1.807) is 4.90 Å². The minimum atomic E-state index is -0.360. The van der Waals surface area contributed by atoms with Gasteiger partial charge in [0.2, 0.25) is 0 Å². The van der Waals surface area contributed by atoms with Crippen LogP contribution in [0.4, 0.5) is 4.79 Å². The number of morpholine rings is 1. The highest BCUT2D eigenvalue weighted by molar-refractivity contribution is 5.71. The lowest BCUT2D eigenvalue weighted by atomic mass is 10.3. The lowest BCUT2D eigenvalue weighted by molar-refractivity contribution is 0.0351. The van der Waals surface area contributed by atoms with Crippen LogP contribution in [0.1, 0.15) is 6.42 Å². The molecule has 1 heterocycles. The zero-order valence-corrected chi connectivity index (χ0v) is 9.73. The molecule has 4 N–H and O–H groups in total. The van der Waals surface area contributed by atoms with Crippen LogP contribution in [-0.2, 0) is 4.74 Å². The molecule has 0 atom stereocenters. The summed E-state index contributed by atoms with van der Waals surface area (Å²) < 4.78 is 5.26. The van der Waals surface area contributed by atoms with Crippen molar-refractivity contribution >= 4 is 6.03 Å². The van der Waals surface area contributed by atoms with Gasteiger partial charge >= 0.3 is 6.03 Å². The number of hydrogen-bond acceptors (Lipinski definition) is 4. The van der Waals surface area contributed by atoms with Crippen LogP contribution < -0.4 is 11.5 Å². The molecule has 1 fully saturated rings. The molecule has 94 valence electrons. The molecule has 6 nitrogen and oxygen atoms in total. The summed E-state index contributed by atoms with van der Waals surface area (Å²) >= 11 is 0. The summed E-state index contributed by atoms with van der Waals surface area (Å²) in [6.07, 6.45) is 0.798. The summed E-state index contributed by atoms with van der Waals surface area (Å²) in [5, 5.41) is 0. The fourth-order valence-corrected chi connectivity index (χ4v) is 1.70. The van der Waals surface area contributed by atoms with Gasteiger partial charge in [-0.1, -0.05) is 0 Å². The minimum Gasteiger partial charge on any atom is -0.379 e. The second kappa shape index (κ2) is 7.43. The molecule has 0 radical (unpaired) electrons. The van der Waals surface area contributed by atoms with Crippen molar-refractivity contribution in [3.05, 3.63) is 0 Å². The lowest BCUT2D eigenvalue weighted by Crippen LogP contribution is -2.45. The van der Waals surface area contributed by atoms with Gasteiger partial charge in [-0.25, -0.2) is 4.79 Å². The molecule has 0 saturated carbocycles. The first-order chi connectivity index (χ1) is 7.74. The van der Waals surface area contributed by atoms with E-state index >= 15 is 0 Å². The number of carbonyl (C=O) groups is 1. The molecular weight excluding hydrogens is 208 g/mol. The lowest BCUT2D eigenvalue weighted by Gasteiger charge is -2.29. The monoisotopic (exact) mass is 230 g/mol. The van der Waals surface area contributed by atoms with Crippen LogP contribution in [0.3, 0.4) is 0 Å². The highest BCUT2D eigenvalue weighted by Crippen LogP contribution is 1.98. The Morgan fingerprint density at radius 3 is 2.56 bits per heavy atom. The van der Waals surface area contributed by atoms with Crippen LogP contribution in [-0.4, -0.2) is 68.3 Å². The fraction of sp³-hybridized carbons (Fsp3) is 0.900. The van der Waals surface area contributed by atoms with Crippen LogP contribution in [0, 0.1) is 0 Å². The normalized spacial score (nSPS) is 17.3. The van der Waals surface area contributed by atoms with E-state index in [-0.39, 0.29) is 6.03 Å². The molecule has 16 heavy (non-hydrogen) atoms. The third-order valence-corrected chi connectivity index (χ3v) is 2.73. The smallest absolute Gasteiger partial charge is 0.314 e. The Hall–Kier alpha value is -0.850. The van der Waals surface area contributed by atoms with E-state index < -0.39 is 0 Å². The molecule has 1 rings (SSSR count). The SMILES string of the molecule is NCCCN(CCN1CCOCC1)C(N)=O. The molecule has 1 saturated heterocycles. The van der Waals surface area contributed by atoms with Crippen molar-refractivity contribution in [2.75, 3.05) is 52.5 Å². The minimum absolute atomic E-state index is 0.360. The molecule has 1 aliphatic rings. The van der Waals surface area contributed by atoms with Crippen molar-refractivity contribution in [1.82, 2.24) is 9.80 Å². The number of nitrogens with two attached hydrogens (primary N) is 2. The number of carbonyl (C=O) groups excluding carboxylic acids is 1. The predicted octanol–water partition coefficient (Wildman–Crippen LogP) is -0.952. The van der Waals surface area contributed by atoms with Crippen LogP contribution in [0.25, 0.3) is 0 Å². The Morgan fingerprint density at radius 1 is 1.31 bits per heavy atom. The zero-order valence-electron chi connectivity index (χ0n) is 9.73. The van der Waals surface area contributed by atoms with Gasteiger partial charge < -0.3 is 21.1 Å². The molecule has 6 heteroatoms. The summed E-state index contributed by atoms with van der Waals surface area (Å²) in [5.74, 6) is 0.